The number of ether oxygens (including phenoxy) is 1. The standard InChI is InChI=1S/C19H21FN2O3S/c1-12-7-13(2)9-22(8-12)17(23)10-25-19(24)16-11-26-18(21-16)14-3-5-15(20)6-4-14/h3-6,11-13H,7-10H2,1-2H3/t12-,13-/m1/s1. The molecule has 2 heterocycles. The largest absolute Gasteiger partial charge is 0.451 e. The molecular weight excluding hydrogens is 355 g/mol. The topological polar surface area (TPSA) is 59.5 Å². The summed E-state index contributed by atoms with van der Waals surface area (Å²) in [6, 6.07) is 5.89. The Kier molecular flexibility index (Phi) is 5.66. The number of likely N-dealkylation sites (tertiary alicyclic amines) is 1. The van der Waals surface area contributed by atoms with E-state index >= 15 is 0 Å². The Labute approximate surface area is 155 Å². The number of esters is 1. The van der Waals surface area contributed by atoms with Crippen LogP contribution < -0.4 is 0 Å². The van der Waals surface area contributed by atoms with E-state index in [4.69, 9.17) is 4.74 Å². The fraction of sp³-hybridized carbons (Fsp3) is 0.421. The Morgan fingerprint density at radius 3 is 2.54 bits per heavy atom. The van der Waals surface area contributed by atoms with E-state index in [1.165, 1.54) is 23.5 Å². The molecule has 1 aromatic carbocycles. The van der Waals surface area contributed by atoms with Gasteiger partial charge in [0.1, 0.15) is 10.8 Å². The van der Waals surface area contributed by atoms with Crippen LogP contribution in [0.25, 0.3) is 10.6 Å². The van der Waals surface area contributed by atoms with E-state index in [1.54, 1.807) is 22.4 Å². The number of amides is 1. The first-order chi connectivity index (χ1) is 12.4. The van der Waals surface area contributed by atoms with Crippen molar-refractivity contribution in [1.82, 2.24) is 9.88 Å². The maximum absolute atomic E-state index is 13.0. The minimum absolute atomic E-state index is 0.155. The summed E-state index contributed by atoms with van der Waals surface area (Å²) in [5, 5.41) is 2.18. The van der Waals surface area contributed by atoms with Crippen molar-refractivity contribution in [2.75, 3.05) is 19.7 Å². The van der Waals surface area contributed by atoms with Gasteiger partial charge >= 0.3 is 5.97 Å². The van der Waals surface area contributed by atoms with Gasteiger partial charge in [-0.05, 0) is 42.5 Å². The number of aromatic nitrogens is 1. The molecule has 5 nitrogen and oxygen atoms in total. The number of hydrogen-bond acceptors (Lipinski definition) is 5. The van der Waals surface area contributed by atoms with Crippen molar-refractivity contribution in [2.24, 2.45) is 11.8 Å². The Hall–Kier alpha value is -2.28. The fourth-order valence-electron chi connectivity index (χ4n) is 3.25. The van der Waals surface area contributed by atoms with Gasteiger partial charge < -0.3 is 9.64 Å². The van der Waals surface area contributed by atoms with Gasteiger partial charge in [0.05, 0.1) is 0 Å². The van der Waals surface area contributed by atoms with Crippen LogP contribution in [0.4, 0.5) is 4.39 Å². The Balaban J connectivity index is 1.57. The summed E-state index contributed by atoms with van der Waals surface area (Å²) in [6.45, 7) is 5.36. The number of piperidine rings is 1. The molecule has 138 valence electrons. The highest BCUT2D eigenvalue weighted by Crippen LogP contribution is 2.24. The van der Waals surface area contributed by atoms with Crippen LogP contribution in [0.3, 0.4) is 0 Å². The van der Waals surface area contributed by atoms with Crippen LogP contribution in [0, 0.1) is 17.7 Å². The smallest absolute Gasteiger partial charge is 0.358 e. The molecule has 2 aromatic rings. The first-order valence-corrected chi connectivity index (χ1v) is 9.46. The van der Waals surface area contributed by atoms with Crippen molar-refractivity contribution in [1.29, 1.82) is 0 Å². The lowest BCUT2D eigenvalue weighted by Crippen LogP contribution is -2.44. The highest BCUT2D eigenvalue weighted by atomic mass is 32.1. The normalized spacial score (nSPS) is 20.0. The summed E-state index contributed by atoms with van der Waals surface area (Å²) in [4.78, 5) is 30.4. The second kappa shape index (κ2) is 7.95. The average Bonchev–Trinajstić information content (AvgIpc) is 3.09. The molecule has 1 aliphatic heterocycles. The predicted octanol–water partition coefficient (Wildman–Crippen LogP) is 3.61. The van der Waals surface area contributed by atoms with Gasteiger partial charge in [0.25, 0.3) is 5.91 Å². The summed E-state index contributed by atoms with van der Waals surface area (Å²) in [5.41, 5.74) is 0.880. The Morgan fingerprint density at radius 2 is 1.88 bits per heavy atom. The number of thiazole rings is 1. The maximum Gasteiger partial charge on any atom is 0.358 e. The van der Waals surface area contributed by atoms with E-state index in [2.05, 4.69) is 18.8 Å². The third kappa shape index (κ3) is 4.46. The van der Waals surface area contributed by atoms with Crippen molar-refractivity contribution < 1.29 is 18.7 Å². The predicted molar refractivity (Wildman–Crippen MR) is 97.3 cm³/mol. The molecule has 0 aliphatic carbocycles. The van der Waals surface area contributed by atoms with Gasteiger partial charge in [-0.2, -0.15) is 0 Å². The molecular formula is C19H21FN2O3S. The quantitative estimate of drug-likeness (QED) is 0.765. The van der Waals surface area contributed by atoms with E-state index in [0.717, 1.165) is 12.0 Å². The number of hydrogen-bond donors (Lipinski definition) is 0. The van der Waals surface area contributed by atoms with Gasteiger partial charge in [0.15, 0.2) is 12.3 Å². The molecule has 0 N–H and O–H groups in total. The monoisotopic (exact) mass is 376 g/mol. The molecule has 0 spiro atoms. The van der Waals surface area contributed by atoms with Gasteiger partial charge in [0, 0.05) is 24.0 Å². The molecule has 1 aliphatic rings. The number of rotatable bonds is 4. The van der Waals surface area contributed by atoms with E-state index in [-0.39, 0.29) is 24.0 Å². The lowest BCUT2D eigenvalue weighted by atomic mass is 9.92. The molecule has 0 saturated carbocycles. The lowest BCUT2D eigenvalue weighted by molar-refractivity contribution is -0.137. The number of nitrogens with zero attached hydrogens (tertiary/aromatic N) is 2. The molecule has 3 rings (SSSR count). The van der Waals surface area contributed by atoms with Crippen molar-refractivity contribution in [3.05, 3.63) is 41.2 Å². The fourth-order valence-corrected chi connectivity index (χ4v) is 4.05. The second-order valence-corrected chi connectivity index (χ2v) is 7.72. The molecule has 0 bridgehead atoms. The summed E-state index contributed by atoms with van der Waals surface area (Å²) in [6.07, 6.45) is 1.11. The molecule has 2 atom stereocenters. The van der Waals surface area contributed by atoms with Gasteiger partial charge in [-0.3, -0.25) is 4.79 Å². The number of carbonyl (C=O) groups excluding carboxylic acids is 2. The van der Waals surface area contributed by atoms with Gasteiger partial charge in [-0.1, -0.05) is 13.8 Å². The molecule has 0 unspecified atom stereocenters. The Bertz CT molecular complexity index is 780. The molecule has 26 heavy (non-hydrogen) atoms. The van der Waals surface area contributed by atoms with Gasteiger partial charge in [0.2, 0.25) is 0 Å². The zero-order valence-electron chi connectivity index (χ0n) is 14.8. The van der Waals surface area contributed by atoms with Crippen LogP contribution in [0.1, 0.15) is 30.8 Å². The van der Waals surface area contributed by atoms with Gasteiger partial charge in [-0.15, -0.1) is 11.3 Å². The third-order valence-electron chi connectivity index (χ3n) is 4.35. The van der Waals surface area contributed by atoms with E-state index in [9.17, 15) is 14.0 Å². The van der Waals surface area contributed by atoms with Crippen molar-refractivity contribution >= 4 is 23.2 Å². The number of carbonyl (C=O) groups is 2. The maximum atomic E-state index is 13.0. The van der Waals surface area contributed by atoms with Crippen LogP contribution in [0.15, 0.2) is 29.6 Å². The lowest BCUT2D eigenvalue weighted by Gasteiger charge is -2.34. The van der Waals surface area contributed by atoms with Gasteiger partial charge in [-0.25, -0.2) is 14.2 Å². The summed E-state index contributed by atoms with van der Waals surface area (Å²) < 4.78 is 18.1. The Morgan fingerprint density at radius 1 is 1.23 bits per heavy atom. The second-order valence-electron chi connectivity index (χ2n) is 6.87. The van der Waals surface area contributed by atoms with Crippen molar-refractivity contribution in [3.63, 3.8) is 0 Å². The van der Waals surface area contributed by atoms with E-state index in [1.807, 2.05) is 0 Å². The van der Waals surface area contributed by atoms with Crippen LogP contribution in [0.5, 0.6) is 0 Å². The van der Waals surface area contributed by atoms with Crippen LogP contribution in [-0.4, -0.2) is 41.5 Å². The molecule has 1 aromatic heterocycles. The summed E-state index contributed by atoms with van der Waals surface area (Å²) in [7, 11) is 0. The van der Waals surface area contributed by atoms with Crippen molar-refractivity contribution in [3.8, 4) is 10.6 Å². The van der Waals surface area contributed by atoms with E-state index < -0.39 is 5.97 Å². The SMILES string of the molecule is C[C@@H]1C[C@@H](C)CN(C(=O)COC(=O)c2csc(-c3ccc(F)cc3)n2)C1. The zero-order chi connectivity index (χ0) is 18.7. The first kappa shape index (κ1) is 18.5. The minimum Gasteiger partial charge on any atom is -0.451 e. The van der Waals surface area contributed by atoms with Crippen LogP contribution in [-0.2, 0) is 9.53 Å². The van der Waals surface area contributed by atoms with Crippen LogP contribution in [0.2, 0.25) is 0 Å². The zero-order valence-corrected chi connectivity index (χ0v) is 15.6. The summed E-state index contributed by atoms with van der Waals surface area (Å²) >= 11 is 1.27. The van der Waals surface area contributed by atoms with Crippen molar-refractivity contribution in [2.45, 2.75) is 20.3 Å². The number of benzene rings is 1. The molecule has 1 amide bonds. The number of halogens is 1. The average molecular weight is 376 g/mol. The third-order valence-corrected chi connectivity index (χ3v) is 5.24. The molecule has 7 heteroatoms. The molecule has 1 saturated heterocycles. The highest BCUT2D eigenvalue weighted by molar-refractivity contribution is 7.13. The summed E-state index contributed by atoms with van der Waals surface area (Å²) in [5.74, 6) is -0.220. The first-order valence-electron chi connectivity index (χ1n) is 8.58. The van der Waals surface area contributed by atoms with Crippen LogP contribution >= 0.6 is 11.3 Å². The van der Waals surface area contributed by atoms with E-state index in [0.29, 0.717) is 29.9 Å². The highest BCUT2D eigenvalue weighted by Gasteiger charge is 2.26. The molecule has 1 fully saturated rings. The minimum atomic E-state index is -0.624. The molecule has 0 radical (unpaired) electrons.